The van der Waals surface area contributed by atoms with Gasteiger partial charge in [-0.1, -0.05) is 54.1 Å². The molecule has 0 N–H and O–H groups in total. The molecule has 1 heterocycles. The number of rotatable bonds is 1. The third kappa shape index (κ3) is 1.92. The summed E-state index contributed by atoms with van der Waals surface area (Å²) >= 11 is 12.7. The zero-order valence-corrected chi connectivity index (χ0v) is 11.4. The Bertz CT molecular complexity index is 627. The Hall–Kier alpha value is -1.51. The number of hydrogen-bond acceptors (Lipinski definition) is 2. The molecule has 0 aliphatic carbocycles. The summed E-state index contributed by atoms with van der Waals surface area (Å²) < 4.78 is 5.80. The molecule has 0 fully saturated rings. The van der Waals surface area contributed by atoms with E-state index in [1.54, 1.807) is 36.4 Å². The lowest BCUT2D eigenvalue weighted by Crippen LogP contribution is -2.45. The second-order valence-corrected chi connectivity index (χ2v) is 5.33. The fourth-order valence-corrected chi connectivity index (χ4v) is 2.74. The van der Waals surface area contributed by atoms with Crippen molar-refractivity contribution in [2.45, 2.75) is 10.4 Å². The van der Waals surface area contributed by atoms with Gasteiger partial charge < -0.3 is 4.74 Å². The molecule has 4 heteroatoms. The minimum Gasteiger partial charge on any atom is -0.465 e. The molecule has 2 atom stereocenters. The maximum atomic E-state index is 12.3. The van der Waals surface area contributed by atoms with Crippen molar-refractivity contribution >= 4 is 29.0 Å². The molecule has 3 rings (SSSR count). The fourth-order valence-electron chi connectivity index (χ4n) is 2.15. The van der Waals surface area contributed by atoms with Crippen molar-refractivity contribution in [1.82, 2.24) is 0 Å². The van der Waals surface area contributed by atoms with Crippen molar-refractivity contribution in [3.8, 4) is 5.75 Å². The molecule has 19 heavy (non-hydrogen) atoms. The van der Waals surface area contributed by atoms with Crippen LogP contribution in [0.5, 0.6) is 5.75 Å². The van der Waals surface area contributed by atoms with Gasteiger partial charge in [-0.05, 0) is 12.1 Å². The van der Waals surface area contributed by atoms with Crippen LogP contribution in [0.4, 0.5) is 0 Å². The number of ether oxygens (including phenoxy) is 1. The molecule has 0 bridgehead atoms. The molecule has 96 valence electrons. The van der Waals surface area contributed by atoms with Crippen LogP contribution < -0.4 is 4.74 Å². The number of alkyl halides is 2. The number of benzene rings is 2. The Morgan fingerprint density at radius 2 is 1.63 bits per heavy atom. The predicted octanol–water partition coefficient (Wildman–Crippen LogP) is 3.96. The van der Waals surface area contributed by atoms with Gasteiger partial charge in [0.05, 0.1) is 5.56 Å². The van der Waals surface area contributed by atoms with E-state index in [0.717, 1.165) is 0 Å². The first-order valence-electron chi connectivity index (χ1n) is 5.83. The van der Waals surface area contributed by atoms with Gasteiger partial charge in [-0.15, -0.1) is 11.6 Å². The fraction of sp³-hybridized carbons (Fsp3) is 0.133. The third-order valence-corrected chi connectivity index (χ3v) is 4.27. The minimum atomic E-state index is -1.37. The number of hydrogen-bond donors (Lipinski definition) is 0. The molecule has 1 aliphatic rings. The van der Waals surface area contributed by atoms with Crippen LogP contribution in [0, 0.1) is 0 Å². The van der Waals surface area contributed by atoms with Crippen LogP contribution in [0.1, 0.15) is 15.9 Å². The average Bonchev–Trinajstić information content (AvgIpc) is 2.46. The lowest BCUT2D eigenvalue weighted by Gasteiger charge is -2.36. The standard InChI is InChI=1S/C15H10Cl2O2/c16-14-13(18)11-8-4-5-9-12(11)19-15(14,17)10-6-2-1-3-7-10/h1-9,14H/t14-,15-/m0/s1. The van der Waals surface area contributed by atoms with E-state index in [9.17, 15) is 4.79 Å². The number of carbonyl (C=O) groups excluding carboxylic acids is 1. The summed E-state index contributed by atoms with van der Waals surface area (Å²) in [6.07, 6.45) is 0. The summed E-state index contributed by atoms with van der Waals surface area (Å²) in [4.78, 5) is 12.3. The highest BCUT2D eigenvalue weighted by Crippen LogP contribution is 2.44. The number of para-hydroxylation sites is 1. The van der Waals surface area contributed by atoms with Crippen LogP contribution in [-0.2, 0) is 5.06 Å². The van der Waals surface area contributed by atoms with Crippen LogP contribution in [0.3, 0.4) is 0 Å². The highest BCUT2D eigenvalue weighted by Gasteiger charge is 2.49. The smallest absolute Gasteiger partial charge is 0.231 e. The molecule has 2 nitrogen and oxygen atoms in total. The van der Waals surface area contributed by atoms with Crippen molar-refractivity contribution in [3.05, 3.63) is 65.7 Å². The van der Waals surface area contributed by atoms with Gasteiger partial charge in [0.1, 0.15) is 5.75 Å². The quantitative estimate of drug-likeness (QED) is 0.744. The topological polar surface area (TPSA) is 26.3 Å². The van der Waals surface area contributed by atoms with Crippen molar-refractivity contribution in [2.75, 3.05) is 0 Å². The van der Waals surface area contributed by atoms with Crippen LogP contribution in [0.25, 0.3) is 0 Å². The number of carbonyl (C=O) groups is 1. The second kappa shape index (κ2) is 4.55. The SMILES string of the molecule is O=C1c2ccccc2O[C@@](Cl)(c2ccccc2)[C@H]1Cl. The van der Waals surface area contributed by atoms with E-state index in [4.69, 9.17) is 27.9 Å². The molecule has 0 radical (unpaired) electrons. The van der Waals surface area contributed by atoms with Gasteiger partial charge in [0.2, 0.25) is 5.06 Å². The van der Waals surface area contributed by atoms with Gasteiger partial charge in [0, 0.05) is 5.56 Å². The van der Waals surface area contributed by atoms with Crippen LogP contribution in [0.2, 0.25) is 0 Å². The zero-order valence-electron chi connectivity index (χ0n) is 9.85. The summed E-state index contributed by atoms with van der Waals surface area (Å²) in [6, 6.07) is 16.1. The number of halogens is 2. The van der Waals surface area contributed by atoms with Gasteiger partial charge in [-0.25, -0.2) is 0 Å². The highest BCUT2D eigenvalue weighted by atomic mass is 35.5. The first kappa shape index (κ1) is 12.5. The number of fused-ring (bicyclic) bond motifs is 1. The van der Waals surface area contributed by atoms with Gasteiger partial charge in [-0.2, -0.15) is 0 Å². The molecule has 0 saturated carbocycles. The monoisotopic (exact) mass is 292 g/mol. The molecule has 2 aromatic rings. The number of Topliss-reactive ketones (excluding diaryl/α,β-unsaturated/α-hetero) is 1. The summed E-state index contributed by atoms with van der Waals surface area (Å²) in [5.41, 5.74) is 1.13. The summed E-state index contributed by atoms with van der Waals surface area (Å²) in [7, 11) is 0. The molecule has 0 unspecified atom stereocenters. The van der Waals surface area contributed by atoms with Crippen molar-refractivity contribution in [3.63, 3.8) is 0 Å². The first-order valence-corrected chi connectivity index (χ1v) is 6.65. The van der Waals surface area contributed by atoms with Crippen LogP contribution in [-0.4, -0.2) is 11.2 Å². The Kier molecular flexibility index (Phi) is 3.00. The van der Waals surface area contributed by atoms with Crippen LogP contribution in [0.15, 0.2) is 54.6 Å². The molecule has 0 spiro atoms. The van der Waals surface area contributed by atoms with Gasteiger partial charge >= 0.3 is 0 Å². The van der Waals surface area contributed by atoms with Gasteiger partial charge in [0.25, 0.3) is 0 Å². The van der Waals surface area contributed by atoms with Crippen molar-refractivity contribution in [2.24, 2.45) is 0 Å². The summed E-state index contributed by atoms with van der Waals surface area (Å²) in [5.74, 6) is 0.241. The second-order valence-electron chi connectivity index (χ2n) is 4.34. The van der Waals surface area contributed by atoms with Crippen molar-refractivity contribution in [1.29, 1.82) is 0 Å². The molecular formula is C15H10Cl2O2. The molecule has 0 aromatic heterocycles. The van der Waals surface area contributed by atoms with Crippen LogP contribution >= 0.6 is 23.2 Å². The Balaban J connectivity index is 2.13. The van der Waals surface area contributed by atoms with E-state index in [1.807, 2.05) is 18.2 Å². The zero-order chi connectivity index (χ0) is 13.5. The van der Waals surface area contributed by atoms with Gasteiger partial charge in [0.15, 0.2) is 11.2 Å². The molecule has 0 amide bonds. The molecular weight excluding hydrogens is 283 g/mol. The third-order valence-electron chi connectivity index (χ3n) is 3.13. The van der Waals surface area contributed by atoms with Gasteiger partial charge in [-0.3, -0.25) is 4.79 Å². The first-order chi connectivity index (χ1) is 9.13. The van der Waals surface area contributed by atoms with E-state index in [-0.39, 0.29) is 5.78 Å². The lowest BCUT2D eigenvalue weighted by atomic mass is 9.95. The molecule has 2 aromatic carbocycles. The maximum absolute atomic E-state index is 12.3. The average molecular weight is 293 g/mol. The Labute approximate surface area is 120 Å². The maximum Gasteiger partial charge on any atom is 0.231 e. The summed E-state index contributed by atoms with van der Waals surface area (Å²) in [6.45, 7) is 0. The molecule has 1 aliphatic heterocycles. The summed E-state index contributed by atoms with van der Waals surface area (Å²) in [5, 5.41) is -2.33. The largest absolute Gasteiger partial charge is 0.465 e. The number of ketones is 1. The van der Waals surface area contributed by atoms with E-state index >= 15 is 0 Å². The predicted molar refractivity (Wildman–Crippen MR) is 75.0 cm³/mol. The lowest BCUT2D eigenvalue weighted by molar-refractivity contribution is 0.0783. The molecule has 0 saturated heterocycles. The highest BCUT2D eigenvalue weighted by molar-refractivity contribution is 6.41. The van der Waals surface area contributed by atoms with E-state index in [2.05, 4.69) is 0 Å². The Morgan fingerprint density at radius 1 is 1.00 bits per heavy atom. The normalized spacial score (nSPS) is 25.6. The van der Waals surface area contributed by atoms with E-state index < -0.39 is 10.4 Å². The minimum absolute atomic E-state index is 0.220. The Morgan fingerprint density at radius 3 is 2.37 bits per heavy atom. The van der Waals surface area contributed by atoms with E-state index in [1.165, 1.54) is 0 Å². The van der Waals surface area contributed by atoms with E-state index in [0.29, 0.717) is 16.9 Å². The van der Waals surface area contributed by atoms with Crippen molar-refractivity contribution < 1.29 is 9.53 Å².